The van der Waals surface area contributed by atoms with E-state index in [9.17, 15) is 5.11 Å². The Morgan fingerprint density at radius 2 is 1.47 bits per heavy atom. The van der Waals surface area contributed by atoms with E-state index in [2.05, 4.69) is 0 Å². The molecular weight excluding hydrogens is 239 g/mol. The molecule has 0 aliphatic carbocycles. The fraction of sp³-hybridized carbons (Fsp3) is 0.600. The molecule has 1 aliphatic heterocycles. The first-order chi connectivity index (χ1) is 8.73. The summed E-state index contributed by atoms with van der Waals surface area (Å²) in [6.07, 6.45) is 0. The summed E-state index contributed by atoms with van der Waals surface area (Å²) < 4.78 is 11.9. The zero-order valence-corrected chi connectivity index (χ0v) is 13.1. The minimum atomic E-state index is -0.362. The van der Waals surface area contributed by atoms with Crippen LogP contribution in [0.1, 0.15) is 47.1 Å². The van der Waals surface area contributed by atoms with Crippen LogP contribution in [0.3, 0.4) is 0 Å². The second-order valence-corrected chi connectivity index (χ2v) is 5.63. The van der Waals surface area contributed by atoms with E-state index in [4.69, 9.17) is 9.31 Å². The first kappa shape index (κ1) is 16.1. The second kappa shape index (κ2) is 5.55. The van der Waals surface area contributed by atoms with Crippen molar-refractivity contribution in [3.8, 4) is 5.75 Å². The summed E-state index contributed by atoms with van der Waals surface area (Å²) in [4.78, 5) is 0. The molecule has 0 aromatic heterocycles. The van der Waals surface area contributed by atoms with Crippen molar-refractivity contribution in [3.05, 3.63) is 23.8 Å². The molecule has 0 saturated carbocycles. The maximum atomic E-state index is 9.51. The molecule has 0 atom stereocenters. The lowest BCUT2D eigenvalue weighted by Gasteiger charge is -2.32. The van der Waals surface area contributed by atoms with Crippen LogP contribution in [0.5, 0.6) is 5.75 Å². The van der Waals surface area contributed by atoms with Gasteiger partial charge in [-0.15, -0.1) is 0 Å². The van der Waals surface area contributed by atoms with Gasteiger partial charge in [0.2, 0.25) is 0 Å². The number of hydrogen-bond acceptors (Lipinski definition) is 3. The topological polar surface area (TPSA) is 38.7 Å². The van der Waals surface area contributed by atoms with Gasteiger partial charge in [-0.25, -0.2) is 0 Å². The van der Waals surface area contributed by atoms with Crippen LogP contribution in [0, 0.1) is 6.92 Å². The zero-order valence-electron chi connectivity index (χ0n) is 13.1. The molecule has 1 saturated heterocycles. The monoisotopic (exact) mass is 264 g/mol. The Hall–Kier alpha value is -0.995. The van der Waals surface area contributed by atoms with Gasteiger partial charge in [0.1, 0.15) is 5.75 Å². The van der Waals surface area contributed by atoms with Crippen molar-refractivity contribution < 1.29 is 14.4 Å². The SMILES string of the molecule is CC.Cc1cc(B2OC(C)(C)C(C)(C)O2)ccc1O. The highest BCUT2D eigenvalue weighted by molar-refractivity contribution is 6.62. The molecule has 2 rings (SSSR count). The third kappa shape index (κ3) is 3.12. The van der Waals surface area contributed by atoms with Gasteiger partial charge in [-0.05, 0) is 51.7 Å². The minimum Gasteiger partial charge on any atom is -0.508 e. The molecule has 1 N–H and O–H groups in total. The van der Waals surface area contributed by atoms with Crippen molar-refractivity contribution in [2.45, 2.75) is 59.7 Å². The molecule has 19 heavy (non-hydrogen) atoms. The molecule has 1 aliphatic rings. The van der Waals surface area contributed by atoms with Crippen LogP contribution in [0.15, 0.2) is 18.2 Å². The van der Waals surface area contributed by atoms with E-state index in [-0.39, 0.29) is 18.3 Å². The number of phenols is 1. The van der Waals surface area contributed by atoms with Gasteiger partial charge in [-0.1, -0.05) is 26.0 Å². The molecule has 0 radical (unpaired) electrons. The van der Waals surface area contributed by atoms with Crippen molar-refractivity contribution in [2.24, 2.45) is 0 Å². The number of phenolic OH excluding ortho intramolecular Hbond substituents is 1. The van der Waals surface area contributed by atoms with Crippen molar-refractivity contribution in [2.75, 3.05) is 0 Å². The molecule has 4 heteroatoms. The maximum Gasteiger partial charge on any atom is 0.494 e. The fourth-order valence-corrected chi connectivity index (χ4v) is 1.80. The Balaban J connectivity index is 0.000000861. The van der Waals surface area contributed by atoms with Crippen LogP contribution in [0.25, 0.3) is 0 Å². The van der Waals surface area contributed by atoms with Crippen LogP contribution in [-0.4, -0.2) is 23.4 Å². The molecular formula is C15H25BO3. The first-order valence-electron chi connectivity index (χ1n) is 6.88. The predicted octanol–water partition coefficient (Wildman–Crippen LogP) is 3.03. The number of aromatic hydroxyl groups is 1. The van der Waals surface area contributed by atoms with Crippen molar-refractivity contribution in [1.29, 1.82) is 0 Å². The van der Waals surface area contributed by atoms with Crippen LogP contribution in [0.2, 0.25) is 0 Å². The summed E-state index contributed by atoms with van der Waals surface area (Å²) in [6, 6.07) is 5.41. The standard InChI is InChI=1S/C13H19BO3.C2H6/c1-9-8-10(6-7-11(9)15)14-16-12(2,3)13(4,5)17-14;1-2/h6-8,15H,1-5H3;1-2H3. The Morgan fingerprint density at radius 3 is 1.89 bits per heavy atom. The van der Waals surface area contributed by atoms with Gasteiger partial charge in [-0.2, -0.15) is 0 Å². The van der Waals surface area contributed by atoms with Gasteiger partial charge in [-0.3, -0.25) is 0 Å². The Kier molecular flexibility index (Phi) is 4.69. The third-order valence-electron chi connectivity index (χ3n) is 3.75. The summed E-state index contributed by atoms with van der Waals surface area (Å²) in [5.41, 5.74) is 1.11. The zero-order chi connectivity index (χ0) is 14.8. The lowest BCUT2D eigenvalue weighted by molar-refractivity contribution is 0.00578. The number of benzene rings is 1. The molecule has 0 bridgehead atoms. The van der Waals surface area contributed by atoms with Crippen molar-refractivity contribution in [1.82, 2.24) is 0 Å². The molecule has 1 fully saturated rings. The van der Waals surface area contributed by atoms with Crippen LogP contribution in [0.4, 0.5) is 0 Å². The first-order valence-corrected chi connectivity index (χ1v) is 6.88. The molecule has 1 aromatic rings. The van der Waals surface area contributed by atoms with Crippen LogP contribution < -0.4 is 5.46 Å². The number of rotatable bonds is 1. The fourth-order valence-electron chi connectivity index (χ4n) is 1.80. The lowest BCUT2D eigenvalue weighted by Crippen LogP contribution is -2.41. The minimum absolute atomic E-state index is 0.297. The van der Waals surface area contributed by atoms with Crippen LogP contribution in [-0.2, 0) is 9.31 Å². The van der Waals surface area contributed by atoms with E-state index in [1.807, 2.05) is 60.6 Å². The van der Waals surface area contributed by atoms with E-state index >= 15 is 0 Å². The average Bonchev–Trinajstić information content (AvgIpc) is 2.55. The van der Waals surface area contributed by atoms with Gasteiger partial charge in [0.05, 0.1) is 11.2 Å². The highest BCUT2D eigenvalue weighted by atomic mass is 16.7. The number of hydrogen-bond donors (Lipinski definition) is 1. The normalized spacial score (nSPS) is 19.8. The van der Waals surface area contributed by atoms with E-state index in [1.54, 1.807) is 6.07 Å². The van der Waals surface area contributed by atoms with Gasteiger partial charge in [0.15, 0.2) is 0 Å². The van der Waals surface area contributed by atoms with E-state index < -0.39 is 0 Å². The Labute approximate surface area is 117 Å². The molecule has 0 amide bonds. The molecule has 0 unspecified atom stereocenters. The van der Waals surface area contributed by atoms with Gasteiger partial charge < -0.3 is 14.4 Å². The molecule has 3 nitrogen and oxygen atoms in total. The second-order valence-electron chi connectivity index (χ2n) is 5.63. The molecule has 1 heterocycles. The van der Waals surface area contributed by atoms with Crippen LogP contribution >= 0.6 is 0 Å². The predicted molar refractivity (Wildman–Crippen MR) is 79.9 cm³/mol. The van der Waals surface area contributed by atoms with E-state index in [1.165, 1.54) is 0 Å². The summed E-state index contributed by atoms with van der Waals surface area (Å²) in [7, 11) is -0.362. The summed E-state index contributed by atoms with van der Waals surface area (Å²) >= 11 is 0. The third-order valence-corrected chi connectivity index (χ3v) is 3.75. The summed E-state index contributed by atoms with van der Waals surface area (Å²) in [5, 5.41) is 9.51. The Bertz CT molecular complexity index is 425. The van der Waals surface area contributed by atoms with Crippen molar-refractivity contribution >= 4 is 12.6 Å². The van der Waals surface area contributed by atoms with E-state index in [0.717, 1.165) is 11.0 Å². The largest absolute Gasteiger partial charge is 0.508 e. The lowest BCUT2D eigenvalue weighted by atomic mass is 9.78. The molecule has 0 spiro atoms. The molecule has 1 aromatic carbocycles. The summed E-state index contributed by atoms with van der Waals surface area (Å²) in [6.45, 7) is 14.0. The number of aryl methyl sites for hydroxylation is 1. The Morgan fingerprint density at radius 1 is 1.00 bits per heavy atom. The highest BCUT2D eigenvalue weighted by Gasteiger charge is 2.51. The van der Waals surface area contributed by atoms with Gasteiger partial charge in [0, 0.05) is 0 Å². The van der Waals surface area contributed by atoms with E-state index in [0.29, 0.717) is 5.75 Å². The molecule has 106 valence electrons. The smallest absolute Gasteiger partial charge is 0.494 e. The maximum absolute atomic E-state index is 9.51. The van der Waals surface area contributed by atoms with Gasteiger partial charge >= 0.3 is 7.12 Å². The van der Waals surface area contributed by atoms with Crippen molar-refractivity contribution in [3.63, 3.8) is 0 Å². The average molecular weight is 264 g/mol. The summed E-state index contributed by atoms with van der Waals surface area (Å²) in [5.74, 6) is 0.297. The van der Waals surface area contributed by atoms with Gasteiger partial charge in [0.25, 0.3) is 0 Å². The quantitative estimate of drug-likeness (QED) is 0.792. The highest BCUT2D eigenvalue weighted by Crippen LogP contribution is 2.36.